The van der Waals surface area contributed by atoms with E-state index in [0.29, 0.717) is 18.9 Å². The van der Waals surface area contributed by atoms with Gasteiger partial charge in [-0.25, -0.2) is 13.4 Å². The summed E-state index contributed by atoms with van der Waals surface area (Å²) in [5.74, 6) is 0.939. The summed E-state index contributed by atoms with van der Waals surface area (Å²) >= 11 is 0. The Morgan fingerprint density at radius 2 is 1.70 bits per heavy atom. The fourth-order valence-electron chi connectivity index (χ4n) is 3.77. The first-order chi connectivity index (χ1) is 15.7. The van der Waals surface area contributed by atoms with Crippen LogP contribution in [-0.2, 0) is 35.6 Å². The van der Waals surface area contributed by atoms with Gasteiger partial charge >= 0.3 is 6.18 Å². The van der Waals surface area contributed by atoms with E-state index in [1.807, 2.05) is 30.3 Å². The number of imidazole rings is 1. The van der Waals surface area contributed by atoms with E-state index in [0.717, 1.165) is 47.2 Å². The molecule has 0 unspecified atom stereocenters. The molecule has 0 atom stereocenters. The van der Waals surface area contributed by atoms with Crippen LogP contribution < -0.4 is 4.72 Å². The molecule has 0 radical (unpaired) electrons. The van der Waals surface area contributed by atoms with Crippen molar-refractivity contribution < 1.29 is 21.6 Å². The number of hydrogen-bond donors (Lipinski definition) is 1. The maximum absolute atomic E-state index is 13.0. The summed E-state index contributed by atoms with van der Waals surface area (Å²) in [4.78, 5) is 4.26. The SMILES string of the molecule is CCn1c(CCc2cccc(NS(=O)(=O)c3cccc(C(F)(F)F)c3)c2)nc2ccccc21. The Hall–Kier alpha value is -3.33. The standard InChI is InChI=1S/C24H22F3N3O2S/c1-2-30-22-12-4-3-11-21(22)28-23(30)14-13-17-7-5-9-19(15-17)29-33(31,32)20-10-6-8-18(16-20)24(25,26)27/h3-12,15-16,29H,2,13-14H2,1H3. The molecule has 172 valence electrons. The summed E-state index contributed by atoms with van der Waals surface area (Å²) in [7, 11) is -4.17. The number of alkyl halides is 3. The Morgan fingerprint density at radius 1 is 0.939 bits per heavy atom. The maximum Gasteiger partial charge on any atom is 0.416 e. The number of rotatable bonds is 7. The number of sulfonamides is 1. The zero-order valence-electron chi connectivity index (χ0n) is 17.8. The minimum atomic E-state index is -4.62. The summed E-state index contributed by atoms with van der Waals surface area (Å²) in [5, 5.41) is 0. The zero-order valence-corrected chi connectivity index (χ0v) is 18.6. The van der Waals surface area contributed by atoms with E-state index in [1.54, 1.807) is 18.2 Å². The normalized spacial score (nSPS) is 12.2. The summed E-state index contributed by atoms with van der Waals surface area (Å²) in [6.07, 6.45) is -3.34. The van der Waals surface area contributed by atoms with Crippen molar-refractivity contribution in [2.24, 2.45) is 0 Å². The molecule has 1 heterocycles. The number of hydrogen-bond acceptors (Lipinski definition) is 3. The zero-order chi connectivity index (χ0) is 23.6. The summed E-state index contributed by atoms with van der Waals surface area (Å²) in [6.45, 7) is 2.84. The second-order valence-corrected chi connectivity index (χ2v) is 9.27. The maximum atomic E-state index is 13.0. The predicted molar refractivity (Wildman–Crippen MR) is 122 cm³/mol. The van der Waals surface area contributed by atoms with Crippen LogP contribution in [0.4, 0.5) is 18.9 Å². The first-order valence-electron chi connectivity index (χ1n) is 10.4. The van der Waals surface area contributed by atoms with E-state index in [2.05, 4.69) is 16.2 Å². The van der Waals surface area contributed by atoms with Gasteiger partial charge in [0.2, 0.25) is 0 Å². The molecule has 0 bridgehead atoms. The highest BCUT2D eigenvalue weighted by atomic mass is 32.2. The van der Waals surface area contributed by atoms with E-state index in [1.165, 1.54) is 0 Å². The minimum absolute atomic E-state index is 0.286. The van der Waals surface area contributed by atoms with E-state index in [4.69, 9.17) is 4.98 Å². The van der Waals surface area contributed by atoms with Crippen molar-refractivity contribution in [1.29, 1.82) is 0 Å². The highest BCUT2D eigenvalue weighted by molar-refractivity contribution is 7.92. The Labute approximate surface area is 189 Å². The molecule has 0 aliphatic carbocycles. The third-order valence-corrected chi connectivity index (χ3v) is 6.72. The van der Waals surface area contributed by atoms with Crippen LogP contribution >= 0.6 is 0 Å². The molecule has 5 nitrogen and oxygen atoms in total. The number of nitrogens with zero attached hydrogens (tertiary/aromatic N) is 2. The number of aryl methyl sites for hydroxylation is 3. The van der Waals surface area contributed by atoms with Crippen LogP contribution in [-0.4, -0.2) is 18.0 Å². The number of anilines is 1. The highest BCUT2D eigenvalue weighted by Gasteiger charge is 2.31. The number of benzene rings is 3. The van der Waals surface area contributed by atoms with Gasteiger partial charge in [-0.1, -0.05) is 30.3 Å². The lowest BCUT2D eigenvalue weighted by atomic mass is 10.1. The molecular weight excluding hydrogens is 451 g/mol. The van der Waals surface area contributed by atoms with Crippen LogP contribution in [0.25, 0.3) is 11.0 Å². The number of para-hydroxylation sites is 2. The van der Waals surface area contributed by atoms with Gasteiger partial charge in [-0.2, -0.15) is 13.2 Å². The summed E-state index contributed by atoms with van der Waals surface area (Å²) in [6, 6.07) is 18.4. The van der Waals surface area contributed by atoms with Gasteiger partial charge in [0.1, 0.15) is 5.82 Å². The Kier molecular flexibility index (Phi) is 6.16. The molecule has 4 rings (SSSR count). The van der Waals surface area contributed by atoms with Crippen molar-refractivity contribution in [3.05, 3.63) is 89.7 Å². The second-order valence-electron chi connectivity index (χ2n) is 7.59. The fourth-order valence-corrected chi connectivity index (χ4v) is 4.86. The van der Waals surface area contributed by atoms with Crippen LogP contribution in [0.1, 0.15) is 23.9 Å². The second kappa shape index (κ2) is 8.90. The van der Waals surface area contributed by atoms with Crippen LogP contribution in [0, 0.1) is 0 Å². The van der Waals surface area contributed by atoms with E-state index >= 15 is 0 Å². The van der Waals surface area contributed by atoms with Gasteiger partial charge in [0, 0.05) is 18.7 Å². The Morgan fingerprint density at radius 3 is 2.45 bits per heavy atom. The van der Waals surface area contributed by atoms with Crippen molar-refractivity contribution in [2.45, 2.75) is 37.4 Å². The molecule has 0 saturated carbocycles. The van der Waals surface area contributed by atoms with Gasteiger partial charge in [-0.3, -0.25) is 4.72 Å². The van der Waals surface area contributed by atoms with Gasteiger partial charge in [0.15, 0.2) is 0 Å². The number of aromatic nitrogens is 2. The molecule has 0 aliphatic rings. The van der Waals surface area contributed by atoms with Crippen molar-refractivity contribution in [3.8, 4) is 0 Å². The molecule has 1 N–H and O–H groups in total. The topological polar surface area (TPSA) is 64.0 Å². The van der Waals surface area contributed by atoms with Crippen molar-refractivity contribution in [1.82, 2.24) is 9.55 Å². The molecule has 1 aromatic heterocycles. The van der Waals surface area contributed by atoms with Gasteiger partial charge in [0.25, 0.3) is 10.0 Å². The van der Waals surface area contributed by atoms with E-state index < -0.39 is 26.7 Å². The van der Waals surface area contributed by atoms with Gasteiger partial charge in [0.05, 0.1) is 21.5 Å². The van der Waals surface area contributed by atoms with Crippen LogP contribution in [0.15, 0.2) is 77.7 Å². The lowest BCUT2D eigenvalue weighted by molar-refractivity contribution is -0.137. The molecule has 0 amide bonds. The minimum Gasteiger partial charge on any atom is -0.328 e. The summed E-state index contributed by atoms with van der Waals surface area (Å²) in [5.41, 5.74) is 2.15. The monoisotopic (exact) mass is 473 g/mol. The molecule has 0 spiro atoms. The summed E-state index contributed by atoms with van der Waals surface area (Å²) < 4.78 is 68.7. The highest BCUT2D eigenvalue weighted by Crippen LogP contribution is 2.31. The predicted octanol–water partition coefficient (Wildman–Crippen LogP) is 5.66. The van der Waals surface area contributed by atoms with Crippen LogP contribution in [0.3, 0.4) is 0 Å². The average Bonchev–Trinajstić information content (AvgIpc) is 3.15. The van der Waals surface area contributed by atoms with Crippen molar-refractivity contribution in [2.75, 3.05) is 4.72 Å². The van der Waals surface area contributed by atoms with Crippen molar-refractivity contribution >= 4 is 26.7 Å². The average molecular weight is 474 g/mol. The van der Waals surface area contributed by atoms with Crippen LogP contribution in [0.2, 0.25) is 0 Å². The molecule has 9 heteroatoms. The fraction of sp³-hybridized carbons (Fsp3) is 0.208. The lowest BCUT2D eigenvalue weighted by Gasteiger charge is -2.12. The molecular formula is C24H22F3N3O2S. The largest absolute Gasteiger partial charge is 0.416 e. The molecule has 0 aliphatic heterocycles. The molecule has 0 fully saturated rings. The number of nitrogens with one attached hydrogen (secondary N) is 1. The third kappa shape index (κ3) is 5.03. The van der Waals surface area contributed by atoms with Gasteiger partial charge in [-0.05, 0) is 61.4 Å². The third-order valence-electron chi connectivity index (χ3n) is 5.34. The quantitative estimate of drug-likeness (QED) is 0.377. The Balaban J connectivity index is 1.52. The van der Waals surface area contributed by atoms with E-state index in [9.17, 15) is 21.6 Å². The first kappa shape index (κ1) is 22.8. The Bertz CT molecular complexity index is 1400. The van der Waals surface area contributed by atoms with Crippen molar-refractivity contribution in [3.63, 3.8) is 0 Å². The molecule has 3 aromatic carbocycles. The lowest BCUT2D eigenvalue weighted by Crippen LogP contribution is -2.14. The smallest absolute Gasteiger partial charge is 0.328 e. The van der Waals surface area contributed by atoms with Gasteiger partial charge < -0.3 is 4.57 Å². The van der Waals surface area contributed by atoms with Crippen LogP contribution in [0.5, 0.6) is 0 Å². The van der Waals surface area contributed by atoms with E-state index in [-0.39, 0.29) is 5.69 Å². The van der Waals surface area contributed by atoms with Gasteiger partial charge in [-0.15, -0.1) is 0 Å². The first-order valence-corrected chi connectivity index (χ1v) is 11.9. The number of fused-ring (bicyclic) bond motifs is 1. The molecule has 33 heavy (non-hydrogen) atoms. The molecule has 4 aromatic rings. The molecule has 0 saturated heterocycles. The number of halogens is 3.